The molecule has 154 valence electrons. The normalized spacial score (nSPS) is 11.4. The smallest absolute Gasteiger partial charge is 0.276 e. The van der Waals surface area contributed by atoms with E-state index in [0.717, 1.165) is 22.8 Å². The predicted octanol–water partition coefficient (Wildman–Crippen LogP) is 4.80. The lowest BCUT2D eigenvalue weighted by molar-refractivity contribution is 0.102. The van der Waals surface area contributed by atoms with Crippen molar-refractivity contribution in [2.45, 2.75) is 26.9 Å². The molecule has 31 heavy (non-hydrogen) atoms. The number of fused-ring (bicyclic) bond motifs is 4. The molecule has 5 rings (SSSR count). The summed E-state index contributed by atoms with van der Waals surface area (Å²) in [7, 11) is 0. The van der Waals surface area contributed by atoms with E-state index in [1.165, 1.54) is 10.2 Å². The average molecular weight is 410 g/mol. The Bertz CT molecular complexity index is 1530. The maximum Gasteiger partial charge on any atom is 0.276 e. The molecule has 0 aliphatic rings. The molecule has 3 aromatic carbocycles. The monoisotopic (exact) mass is 410 g/mol. The fourth-order valence-electron chi connectivity index (χ4n) is 4.28. The number of aryl methyl sites for hydroxylation is 2. The van der Waals surface area contributed by atoms with Gasteiger partial charge in [-0.25, -0.2) is 4.68 Å². The third-order valence-corrected chi connectivity index (χ3v) is 5.73. The number of carbonyl (C=O) groups is 1. The van der Waals surface area contributed by atoms with E-state index in [0.29, 0.717) is 23.0 Å². The number of para-hydroxylation sites is 1. The van der Waals surface area contributed by atoms with E-state index in [9.17, 15) is 9.59 Å². The molecule has 0 saturated heterocycles. The number of anilines is 1. The van der Waals surface area contributed by atoms with E-state index < -0.39 is 0 Å². The maximum absolute atomic E-state index is 13.2. The van der Waals surface area contributed by atoms with Crippen LogP contribution in [0.15, 0.2) is 71.5 Å². The largest absolute Gasteiger partial charge is 0.341 e. The number of hydrogen-bond acceptors (Lipinski definition) is 3. The third kappa shape index (κ3) is 2.99. The summed E-state index contributed by atoms with van der Waals surface area (Å²) in [5.41, 5.74) is 3.05. The second kappa shape index (κ2) is 7.40. The number of aromatic nitrogens is 3. The van der Waals surface area contributed by atoms with Crippen molar-refractivity contribution in [3.63, 3.8) is 0 Å². The minimum absolute atomic E-state index is 0.191. The molecule has 0 radical (unpaired) electrons. The minimum Gasteiger partial charge on any atom is -0.341 e. The van der Waals surface area contributed by atoms with Gasteiger partial charge in [0.25, 0.3) is 11.5 Å². The molecule has 5 aromatic rings. The Morgan fingerprint density at radius 2 is 1.52 bits per heavy atom. The van der Waals surface area contributed by atoms with E-state index in [1.54, 1.807) is 18.2 Å². The highest BCUT2D eigenvalue weighted by Crippen LogP contribution is 2.31. The zero-order valence-electron chi connectivity index (χ0n) is 17.4. The van der Waals surface area contributed by atoms with E-state index in [1.807, 2.05) is 43.3 Å². The summed E-state index contributed by atoms with van der Waals surface area (Å²) < 4.78 is 3.60. The van der Waals surface area contributed by atoms with Gasteiger partial charge in [0, 0.05) is 46.0 Å². The molecule has 0 fully saturated rings. The van der Waals surface area contributed by atoms with Crippen LogP contribution in [-0.4, -0.2) is 20.3 Å². The molecular formula is C25H22N4O2. The van der Waals surface area contributed by atoms with Crippen LogP contribution >= 0.6 is 0 Å². The number of nitrogens with one attached hydrogen (secondary N) is 1. The van der Waals surface area contributed by atoms with Crippen LogP contribution < -0.4 is 10.9 Å². The Morgan fingerprint density at radius 1 is 0.839 bits per heavy atom. The fraction of sp³-hybridized carbons (Fsp3) is 0.160. The summed E-state index contributed by atoms with van der Waals surface area (Å²) in [6.45, 7) is 5.22. The number of amides is 1. The number of benzene rings is 3. The van der Waals surface area contributed by atoms with Gasteiger partial charge in [-0.15, -0.1) is 0 Å². The van der Waals surface area contributed by atoms with Crippen molar-refractivity contribution in [3.05, 3.63) is 82.8 Å². The molecule has 0 spiro atoms. The van der Waals surface area contributed by atoms with Crippen LogP contribution in [0.5, 0.6) is 0 Å². The maximum atomic E-state index is 13.2. The zero-order valence-corrected chi connectivity index (χ0v) is 17.4. The molecule has 2 heterocycles. The average Bonchev–Trinajstić information content (AvgIpc) is 3.12. The first kappa shape index (κ1) is 19.1. The summed E-state index contributed by atoms with van der Waals surface area (Å²) in [5.74, 6) is -0.336. The summed E-state index contributed by atoms with van der Waals surface area (Å²) >= 11 is 0. The minimum atomic E-state index is -0.336. The van der Waals surface area contributed by atoms with Crippen molar-refractivity contribution in [1.29, 1.82) is 0 Å². The Morgan fingerprint density at radius 3 is 2.26 bits per heavy atom. The van der Waals surface area contributed by atoms with Gasteiger partial charge in [0.05, 0.1) is 5.39 Å². The van der Waals surface area contributed by atoms with Crippen LogP contribution in [0.25, 0.3) is 32.6 Å². The molecule has 2 aromatic heterocycles. The van der Waals surface area contributed by atoms with Gasteiger partial charge in [0.2, 0.25) is 0 Å². The van der Waals surface area contributed by atoms with Gasteiger partial charge in [0.1, 0.15) is 0 Å². The molecule has 0 unspecified atom stereocenters. The Labute approximate surface area is 178 Å². The second-order valence-electron chi connectivity index (χ2n) is 7.46. The lowest BCUT2D eigenvalue weighted by Crippen LogP contribution is -2.27. The highest BCUT2D eigenvalue weighted by molar-refractivity contribution is 6.13. The SMILES string of the molecule is CCn1nc(C(=O)Nc2ccc3c(c2)c2ccccc2n3CC)c2ccccc2c1=O. The van der Waals surface area contributed by atoms with Gasteiger partial charge < -0.3 is 9.88 Å². The number of nitrogens with zero attached hydrogens (tertiary/aromatic N) is 3. The predicted molar refractivity (Wildman–Crippen MR) is 125 cm³/mol. The van der Waals surface area contributed by atoms with Crippen molar-refractivity contribution in [1.82, 2.24) is 14.3 Å². The molecule has 0 atom stereocenters. The quantitative estimate of drug-likeness (QED) is 0.463. The van der Waals surface area contributed by atoms with E-state index in [-0.39, 0.29) is 17.2 Å². The van der Waals surface area contributed by atoms with Gasteiger partial charge in [-0.2, -0.15) is 5.10 Å². The standard InChI is InChI=1S/C25H22N4O2/c1-3-28-21-12-8-7-9-17(21)20-15-16(13-14-22(20)28)26-24(30)23-18-10-5-6-11-19(18)25(31)29(4-2)27-23/h5-15H,3-4H2,1-2H3,(H,26,30). The van der Waals surface area contributed by atoms with Crippen molar-refractivity contribution in [2.75, 3.05) is 5.32 Å². The summed E-state index contributed by atoms with van der Waals surface area (Å²) in [6.07, 6.45) is 0. The highest BCUT2D eigenvalue weighted by atomic mass is 16.2. The molecule has 6 nitrogen and oxygen atoms in total. The van der Waals surface area contributed by atoms with Crippen molar-refractivity contribution in [2.24, 2.45) is 0 Å². The molecule has 0 bridgehead atoms. The Balaban J connectivity index is 1.61. The molecular weight excluding hydrogens is 388 g/mol. The third-order valence-electron chi connectivity index (χ3n) is 5.73. The number of rotatable bonds is 4. The van der Waals surface area contributed by atoms with Gasteiger partial charge in [0.15, 0.2) is 5.69 Å². The highest BCUT2D eigenvalue weighted by Gasteiger charge is 2.17. The molecule has 1 amide bonds. The first-order valence-corrected chi connectivity index (χ1v) is 10.4. The van der Waals surface area contributed by atoms with Crippen molar-refractivity contribution < 1.29 is 4.79 Å². The van der Waals surface area contributed by atoms with Crippen LogP contribution in [0.3, 0.4) is 0 Å². The lowest BCUT2D eigenvalue weighted by Gasteiger charge is -2.10. The van der Waals surface area contributed by atoms with Crippen LogP contribution in [0.2, 0.25) is 0 Å². The van der Waals surface area contributed by atoms with Crippen molar-refractivity contribution in [3.8, 4) is 0 Å². The first-order chi connectivity index (χ1) is 15.1. The van der Waals surface area contributed by atoms with E-state index in [2.05, 4.69) is 34.0 Å². The van der Waals surface area contributed by atoms with Crippen LogP contribution in [0.1, 0.15) is 24.3 Å². The van der Waals surface area contributed by atoms with Gasteiger partial charge >= 0.3 is 0 Å². The van der Waals surface area contributed by atoms with E-state index in [4.69, 9.17) is 0 Å². The van der Waals surface area contributed by atoms with Gasteiger partial charge in [-0.3, -0.25) is 9.59 Å². The second-order valence-corrected chi connectivity index (χ2v) is 7.46. The Hall–Kier alpha value is -3.93. The molecule has 0 saturated carbocycles. The fourth-order valence-corrected chi connectivity index (χ4v) is 4.28. The molecule has 1 N–H and O–H groups in total. The first-order valence-electron chi connectivity index (χ1n) is 10.4. The number of hydrogen-bond donors (Lipinski definition) is 1. The van der Waals surface area contributed by atoms with Crippen LogP contribution in [0.4, 0.5) is 5.69 Å². The van der Waals surface area contributed by atoms with Crippen molar-refractivity contribution >= 4 is 44.2 Å². The summed E-state index contributed by atoms with van der Waals surface area (Å²) in [5, 5.41) is 10.6. The van der Waals surface area contributed by atoms with E-state index >= 15 is 0 Å². The van der Waals surface area contributed by atoms with Crippen LogP contribution in [-0.2, 0) is 13.1 Å². The van der Waals surface area contributed by atoms with Gasteiger partial charge in [-0.1, -0.05) is 36.4 Å². The topological polar surface area (TPSA) is 68.9 Å². The Kier molecular flexibility index (Phi) is 4.55. The molecule has 0 aliphatic heterocycles. The number of carbonyl (C=O) groups excluding carboxylic acids is 1. The van der Waals surface area contributed by atoms with Crippen LogP contribution in [0, 0.1) is 0 Å². The molecule has 6 heteroatoms. The summed E-state index contributed by atoms with van der Waals surface area (Å²) in [4.78, 5) is 25.7. The summed E-state index contributed by atoms with van der Waals surface area (Å²) in [6, 6.07) is 21.3. The van der Waals surface area contributed by atoms with Gasteiger partial charge in [-0.05, 0) is 44.2 Å². The molecule has 0 aliphatic carbocycles. The zero-order chi connectivity index (χ0) is 21.5. The lowest BCUT2D eigenvalue weighted by atomic mass is 10.1.